The molecule has 0 saturated heterocycles. The molecule has 2 rings (SSSR count). The number of hydrogen-bond donors (Lipinski definition) is 2. The largest absolute Gasteiger partial charge is 0.493 e. The van der Waals surface area contributed by atoms with Crippen LogP contribution in [0, 0.1) is 13.8 Å². The monoisotopic (exact) mass is 490 g/mol. The number of methoxy groups -OCH3 is 1. The minimum atomic E-state index is 0. The fourth-order valence-corrected chi connectivity index (χ4v) is 3.20. The van der Waals surface area contributed by atoms with E-state index in [1.165, 1.54) is 4.88 Å². The van der Waals surface area contributed by atoms with E-state index in [0.29, 0.717) is 24.7 Å². The summed E-state index contributed by atoms with van der Waals surface area (Å²) in [5.41, 5.74) is 1.94. The molecule has 0 bridgehead atoms. The maximum absolute atomic E-state index is 5.63. The summed E-state index contributed by atoms with van der Waals surface area (Å²) in [5, 5.41) is 7.64. The van der Waals surface area contributed by atoms with Crippen molar-refractivity contribution in [2.75, 3.05) is 25.6 Å². The van der Waals surface area contributed by atoms with Crippen molar-refractivity contribution < 1.29 is 9.47 Å². The van der Waals surface area contributed by atoms with Gasteiger partial charge in [0.15, 0.2) is 17.5 Å². The summed E-state index contributed by atoms with van der Waals surface area (Å²) in [6.07, 6.45) is 0. The number of halogens is 1. The predicted molar refractivity (Wildman–Crippen MR) is 120 cm³/mol. The van der Waals surface area contributed by atoms with Gasteiger partial charge in [0, 0.05) is 23.2 Å². The number of nitrogens with zero attached hydrogens (tertiary/aromatic N) is 2. The topological polar surface area (TPSA) is 67.8 Å². The molecule has 0 amide bonds. The predicted octanol–water partition coefficient (Wildman–Crippen LogP) is 4.36. The number of ether oxygens (including phenoxy) is 2. The number of hydrogen-bond acceptors (Lipinski definition) is 5. The third kappa shape index (κ3) is 6.31. The Morgan fingerprint density at radius 2 is 2.00 bits per heavy atom. The summed E-state index contributed by atoms with van der Waals surface area (Å²) in [5.74, 6) is 2.14. The number of anilines is 1. The Balaban J connectivity index is 0.00000338. The second kappa shape index (κ2) is 11.2. The molecule has 2 N–H and O–H groups in total. The van der Waals surface area contributed by atoms with Crippen LogP contribution in [0.15, 0.2) is 23.2 Å². The number of aromatic nitrogens is 1. The molecule has 0 spiro atoms. The zero-order chi connectivity index (χ0) is 18.2. The second-order valence-corrected chi connectivity index (χ2v) is 6.65. The van der Waals surface area contributed by atoms with E-state index in [1.54, 1.807) is 18.4 Å². The Morgan fingerprint density at radius 1 is 1.23 bits per heavy atom. The van der Waals surface area contributed by atoms with Crippen molar-refractivity contribution in [3.8, 4) is 11.5 Å². The Labute approximate surface area is 176 Å². The molecule has 0 radical (unpaired) electrons. The Kier molecular flexibility index (Phi) is 9.71. The van der Waals surface area contributed by atoms with Crippen LogP contribution in [-0.4, -0.2) is 31.2 Å². The number of guanidine groups is 1. The van der Waals surface area contributed by atoms with Gasteiger partial charge in [-0.1, -0.05) is 0 Å². The third-order valence-corrected chi connectivity index (χ3v) is 4.51. The van der Waals surface area contributed by atoms with Crippen LogP contribution in [0.1, 0.15) is 29.4 Å². The average Bonchev–Trinajstić information content (AvgIpc) is 2.91. The van der Waals surface area contributed by atoms with Crippen molar-refractivity contribution in [1.82, 2.24) is 10.3 Å². The van der Waals surface area contributed by atoms with Crippen LogP contribution in [0.3, 0.4) is 0 Å². The average molecular weight is 490 g/mol. The lowest BCUT2D eigenvalue weighted by Crippen LogP contribution is -2.30. The molecular weight excluding hydrogens is 463 g/mol. The summed E-state index contributed by atoms with van der Waals surface area (Å²) in [6, 6.07) is 5.74. The molecule has 6 nitrogen and oxygen atoms in total. The Bertz CT molecular complexity index is 734. The molecule has 0 unspecified atom stereocenters. The van der Waals surface area contributed by atoms with Crippen LogP contribution in [0.4, 0.5) is 5.69 Å². The fraction of sp³-hybridized carbons (Fsp3) is 0.444. The van der Waals surface area contributed by atoms with E-state index in [0.717, 1.165) is 28.9 Å². The summed E-state index contributed by atoms with van der Waals surface area (Å²) in [7, 11) is 1.63. The van der Waals surface area contributed by atoms with Gasteiger partial charge in [-0.3, -0.25) is 0 Å². The number of rotatable bonds is 7. The van der Waals surface area contributed by atoms with Gasteiger partial charge in [0.05, 0.1) is 31.0 Å². The van der Waals surface area contributed by atoms with Gasteiger partial charge in [-0.05, 0) is 39.8 Å². The van der Waals surface area contributed by atoms with Gasteiger partial charge in [-0.25, -0.2) is 9.98 Å². The number of nitrogens with one attached hydrogen (secondary N) is 2. The molecule has 26 heavy (non-hydrogen) atoms. The first-order valence-corrected chi connectivity index (χ1v) is 9.18. The molecule has 1 aromatic carbocycles. The first kappa shape index (κ1) is 22.5. The molecule has 0 atom stereocenters. The highest BCUT2D eigenvalue weighted by atomic mass is 127. The van der Waals surface area contributed by atoms with Crippen LogP contribution in [-0.2, 0) is 6.54 Å². The van der Waals surface area contributed by atoms with Gasteiger partial charge >= 0.3 is 0 Å². The van der Waals surface area contributed by atoms with Crippen molar-refractivity contribution in [2.45, 2.75) is 34.2 Å². The van der Waals surface area contributed by atoms with Crippen LogP contribution in [0.25, 0.3) is 0 Å². The van der Waals surface area contributed by atoms with Crippen LogP contribution < -0.4 is 20.1 Å². The first-order valence-electron chi connectivity index (χ1n) is 8.36. The van der Waals surface area contributed by atoms with Gasteiger partial charge in [-0.2, -0.15) is 0 Å². The van der Waals surface area contributed by atoms with Gasteiger partial charge in [0.1, 0.15) is 0 Å². The standard InChI is InChI=1S/C18H26N4O2S.HI/c1-6-19-18(20-11-17-12(3)21-13(4)25-17)22-14-8-9-15(23-5)16(10-14)24-7-2;/h8-10H,6-7,11H2,1-5H3,(H2,19,20,22);1H. The first-order chi connectivity index (χ1) is 12.1. The van der Waals surface area contributed by atoms with Crippen molar-refractivity contribution >= 4 is 47.0 Å². The Hall–Kier alpha value is -1.55. The molecule has 0 aliphatic rings. The molecule has 2 aromatic rings. The van der Waals surface area contributed by atoms with Crippen LogP contribution in [0.5, 0.6) is 11.5 Å². The molecule has 0 saturated carbocycles. The number of thiazole rings is 1. The highest BCUT2D eigenvalue weighted by Crippen LogP contribution is 2.30. The maximum atomic E-state index is 5.63. The van der Waals surface area contributed by atoms with E-state index in [2.05, 4.69) is 20.6 Å². The molecule has 1 aromatic heterocycles. The second-order valence-electron chi connectivity index (χ2n) is 5.36. The van der Waals surface area contributed by atoms with Gasteiger partial charge in [-0.15, -0.1) is 35.3 Å². The van der Waals surface area contributed by atoms with E-state index in [-0.39, 0.29) is 24.0 Å². The minimum Gasteiger partial charge on any atom is -0.493 e. The number of aliphatic imine (C=N–C) groups is 1. The minimum absolute atomic E-state index is 0. The lowest BCUT2D eigenvalue weighted by atomic mass is 10.2. The van der Waals surface area contributed by atoms with Crippen molar-refractivity contribution in [3.63, 3.8) is 0 Å². The molecule has 0 aliphatic carbocycles. The lowest BCUT2D eigenvalue weighted by molar-refractivity contribution is 0.311. The molecular formula is C18H27IN4O2S. The van der Waals surface area contributed by atoms with E-state index in [4.69, 9.17) is 9.47 Å². The van der Waals surface area contributed by atoms with E-state index < -0.39 is 0 Å². The van der Waals surface area contributed by atoms with Crippen molar-refractivity contribution in [3.05, 3.63) is 33.8 Å². The summed E-state index contributed by atoms with van der Waals surface area (Å²) in [4.78, 5) is 10.3. The van der Waals surface area contributed by atoms with Gasteiger partial charge in [0.25, 0.3) is 0 Å². The molecule has 0 fully saturated rings. The fourth-order valence-electron chi connectivity index (χ4n) is 2.34. The maximum Gasteiger partial charge on any atom is 0.196 e. The molecule has 144 valence electrons. The highest BCUT2D eigenvalue weighted by Gasteiger charge is 2.08. The normalized spacial score (nSPS) is 10.9. The van der Waals surface area contributed by atoms with E-state index in [9.17, 15) is 0 Å². The highest BCUT2D eigenvalue weighted by molar-refractivity contribution is 14.0. The molecule has 1 heterocycles. The van der Waals surface area contributed by atoms with Crippen molar-refractivity contribution in [1.29, 1.82) is 0 Å². The zero-order valence-electron chi connectivity index (χ0n) is 15.9. The third-order valence-electron chi connectivity index (χ3n) is 3.45. The van der Waals surface area contributed by atoms with E-state index >= 15 is 0 Å². The quantitative estimate of drug-likeness (QED) is 0.343. The zero-order valence-corrected chi connectivity index (χ0v) is 19.0. The summed E-state index contributed by atoms with van der Waals surface area (Å²) < 4.78 is 10.9. The van der Waals surface area contributed by atoms with Gasteiger partial charge < -0.3 is 20.1 Å². The van der Waals surface area contributed by atoms with Crippen LogP contribution in [0.2, 0.25) is 0 Å². The lowest BCUT2D eigenvalue weighted by Gasteiger charge is -2.14. The number of benzene rings is 1. The van der Waals surface area contributed by atoms with Crippen LogP contribution >= 0.6 is 35.3 Å². The smallest absolute Gasteiger partial charge is 0.196 e. The molecule has 0 aliphatic heterocycles. The SMILES string of the molecule is CCNC(=NCc1sc(C)nc1C)Nc1ccc(OC)c(OCC)c1.I. The number of aryl methyl sites for hydroxylation is 2. The summed E-state index contributed by atoms with van der Waals surface area (Å²) >= 11 is 1.68. The molecule has 8 heteroatoms. The summed E-state index contributed by atoms with van der Waals surface area (Å²) in [6.45, 7) is 9.98. The van der Waals surface area contributed by atoms with Crippen molar-refractivity contribution in [2.24, 2.45) is 4.99 Å². The van der Waals surface area contributed by atoms with Gasteiger partial charge in [0.2, 0.25) is 0 Å². The Morgan fingerprint density at radius 3 is 2.58 bits per heavy atom. The van der Waals surface area contributed by atoms with E-state index in [1.807, 2.05) is 45.9 Å².